The van der Waals surface area contributed by atoms with E-state index in [-0.39, 0.29) is 11.4 Å². The maximum atomic E-state index is 13.1. The van der Waals surface area contributed by atoms with Crippen molar-refractivity contribution in [2.75, 3.05) is 23.3 Å². The lowest BCUT2D eigenvalue weighted by Crippen LogP contribution is -2.40. The molecule has 7 nitrogen and oxygen atoms in total. The van der Waals surface area contributed by atoms with E-state index in [1.54, 1.807) is 0 Å². The number of carbonyl (C=O) groups is 1. The number of aromatic amines is 1. The summed E-state index contributed by atoms with van der Waals surface area (Å²) in [6.07, 6.45) is 3.27. The Morgan fingerprint density at radius 1 is 1.14 bits per heavy atom. The van der Waals surface area contributed by atoms with Gasteiger partial charge in [-0.25, -0.2) is 0 Å². The molecule has 3 heterocycles. The highest BCUT2D eigenvalue weighted by Crippen LogP contribution is 2.38. The van der Waals surface area contributed by atoms with Gasteiger partial charge in [0.2, 0.25) is 11.9 Å². The number of carbonyl (C=O) groups excluding carboxylic acids is 1. The number of anilines is 2. The first kappa shape index (κ1) is 19.2. The number of nitriles is 1. The highest BCUT2D eigenvalue weighted by Gasteiger charge is 2.40. The van der Waals surface area contributed by atoms with Gasteiger partial charge in [0.25, 0.3) is 5.56 Å². The average molecular weight is 391 g/mol. The number of aromatic nitrogens is 2. The van der Waals surface area contributed by atoms with E-state index in [4.69, 9.17) is 0 Å². The largest absolute Gasteiger partial charge is 0.342 e. The highest BCUT2D eigenvalue weighted by molar-refractivity contribution is 5.97. The van der Waals surface area contributed by atoms with Crippen molar-refractivity contribution in [3.63, 3.8) is 0 Å². The van der Waals surface area contributed by atoms with E-state index in [1.165, 1.54) is 6.42 Å². The van der Waals surface area contributed by atoms with Gasteiger partial charge in [-0.05, 0) is 36.3 Å². The molecular formula is C22H25N5O2. The zero-order valence-electron chi connectivity index (χ0n) is 16.7. The summed E-state index contributed by atoms with van der Waals surface area (Å²) in [5, 5.41) is 12.4. The van der Waals surface area contributed by atoms with Crippen molar-refractivity contribution >= 4 is 17.7 Å². The SMILES string of the molecule is CC(C)c1ccc([C@H]2c3c(nc(N4CCCCC4)[nH]c3=O)NC(=O)[C@H]2C#N)cc1. The van der Waals surface area contributed by atoms with Crippen LogP contribution in [0.4, 0.5) is 11.8 Å². The minimum absolute atomic E-state index is 0.267. The second-order valence-corrected chi connectivity index (χ2v) is 8.09. The van der Waals surface area contributed by atoms with Gasteiger partial charge in [-0.15, -0.1) is 0 Å². The Balaban J connectivity index is 1.80. The number of rotatable bonds is 3. The van der Waals surface area contributed by atoms with Crippen molar-refractivity contribution in [2.45, 2.75) is 44.9 Å². The fourth-order valence-electron chi connectivity index (χ4n) is 4.20. The molecule has 0 unspecified atom stereocenters. The van der Waals surface area contributed by atoms with E-state index < -0.39 is 17.7 Å². The van der Waals surface area contributed by atoms with Gasteiger partial charge in [-0.1, -0.05) is 38.1 Å². The molecule has 29 heavy (non-hydrogen) atoms. The molecule has 0 bridgehead atoms. The zero-order valence-corrected chi connectivity index (χ0v) is 16.7. The third kappa shape index (κ3) is 3.51. The molecule has 2 aromatic rings. The lowest BCUT2D eigenvalue weighted by molar-refractivity contribution is -0.119. The third-order valence-corrected chi connectivity index (χ3v) is 5.87. The number of piperidine rings is 1. The number of nitrogens with one attached hydrogen (secondary N) is 2. The van der Waals surface area contributed by atoms with Crippen molar-refractivity contribution in [3.05, 3.63) is 51.3 Å². The Hall–Kier alpha value is -3.14. The normalized spacial score (nSPS) is 21.4. The van der Waals surface area contributed by atoms with Gasteiger partial charge in [-0.2, -0.15) is 10.2 Å². The molecular weight excluding hydrogens is 366 g/mol. The van der Waals surface area contributed by atoms with Crippen LogP contribution in [0.15, 0.2) is 29.1 Å². The first-order valence-electron chi connectivity index (χ1n) is 10.2. The fourth-order valence-corrected chi connectivity index (χ4v) is 4.20. The van der Waals surface area contributed by atoms with Crippen LogP contribution >= 0.6 is 0 Å². The highest BCUT2D eigenvalue weighted by atomic mass is 16.2. The van der Waals surface area contributed by atoms with Crippen LogP contribution < -0.4 is 15.8 Å². The van der Waals surface area contributed by atoms with Gasteiger partial charge in [-0.3, -0.25) is 14.6 Å². The molecule has 1 aromatic carbocycles. The quantitative estimate of drug-likeness (QED) is 0.837. The van der Waals surface area contributed by atoms with E-state index in [1.807, 2.05) is 29.2 Å². The molecule has 1 saturated heterocycles. The Morgan fingerprint density at radius 2 is 1.83 bits per heavy atom. The zero-order chi connectivity index (χ0) is 20.5. The van der Waals surface area contributed by atoms with Crippen LogP contribution in [0.2, 0.25) is 0 Å². The monoisotopic (exact) mass is 391 g/mol. The molecule has 1 amide bonds. The molecule has 0 saturated carbocycles. The predicted octanol–water partition coefficient (Wildman–Crippen LogP) is 3.11. The van der Waals surface area contributed by atoms with Crippen LogP contribution in [-0.4, -0.2) is 29.0 Å². The average Bonchev–Trinajstić information content (AvgIpc) is 2.73. The van der Waals surface area contributed by atoms with Gasteiger partial charge in [0, 0.05) is 19.0 Å². The number of hydrogen-bond acceptors (Lipinski definition) is 5. The van der Waals surface area contributed by atoms with Crippen molar-refractivity contribution in [1.82, 2.24) is 9.97 Å². The molecule has 0 aliphatic carbocycles. The molecule has 2 atom stereocenters. The van der Waals surface area contributed by atoms with E-state index >= 15 is 0 Å². The Kier molecular flexibility index (Phi) is 5.10. The number of fused-ring (bicyclic) bond motifs is 1. The van der Waals surface area contributed by atoms with Crippen molar-refractivity contribution in [3.8, 4) is 6.07 Å². The van der Waals surface area contributed by atoms with Gasteiger partial charge in [0.15, 0.2) is 0 Å². The van der Waals surface area contributed by atoms with Gasteiger partial charge >= 0.3 is 0 Å². The first-order chi connectivity index (χ1) is 14.0. The molecule has 2 aliphatic rings. The summed E-state index contributed by atoms with van der Waals surface area (Å²) in [6.45, 7) is 5.87. The summed E-state index contributed by atoms with van der Waals surface area (Å²) in [6, 6.07) is 9.88. The van der Waals surface area contributed by atoms with Crippen LogP contribution in [-0.2, 0) is 4.79 Å². The van der Waals surface area contributed by atoms with E-state index in [0.29, 0.717) is 17.4 Å². The lowest BCUT2D eigenvalue weighted by atomic mass is 9.79. The molecule has 0 radical (unpaired) electrons. The topological polar surface area (TPSA) is 102 Å². The number of H-pyrrole nitrogens is 1. The number of benzene rings is 1. The summed E-state index contributed by atoms with van der Waals surface area (Å²) >= 11 is 0. The summed E-state index contributed by atoms with van der Waals surface area (Å²) in [7, 11) is 0. The molecule has 4 rings (SSSR count). The summed E-state index contributed by atoms with van der Waals surface area (Å²) in [5.74, 6) is -0.912. The third-order valence-electron chi connectivity index (χ3n) is 5.87. The van der Waals surface area contributed by atoms with Crippen LogP contribution in [0.5, 0.6) is 0 Å². The Bertz CT molecular complexity index is 1010. The number of nitrogens with zero attached hydrogens (tertiary/aromatic N) is 3. The molecule has 1 fully saturated rings. The Labute approximate surface area is 169 Å². The Morgan fingerprint density at radius 3 is 2.45 bits per heavy atom. The lowest BCUT2D eigenvalue weighted by Gasteiger charge is -2.31. The molecule has 2 aliphatic heterocycles. The van der Waals surface area contributed by atoms with Crippen molar-refractivity contribution in [2.24, 2.45) is 5.92 Å². The van der Waals surface area contributed by atoms with Crippen LogP contribution in [0, 0.1) is 17.2 Å². The molecule has 2 N–H and O–H groups in total. The summed E-state index contributed by atoms with van der Waals surface area (Å²) in [5.41, 5.74) is 1.99. The minimum atomic E-state index is -0.976. The number of hydrogen-bond donors (Lipinski definition) is 2. The summed E-state index contributed by atoms with van der Waals surface area (Å²) < 4.78 is 0. The van der Waals surface area contributed by atoms with Crippen molar-refractivity contribution in [1.29, 1.82) is 5.26 Å². The maximum absolute atomic E-state index is 13.1. The second kappa shape index (κ2) is 7.70. The minimum Gasteiger partial charge on any atom is -0.342 e. The molecule has 7 heteroatoms. The molecule has 1 aromatic heterocycles. The van der Waals surface area contributed by atoms with E-state index in [9.17, 15) is 14.9 Å². The second-order valence-electron chi connectivity index (χ2n) is 8.09. The summed E-state index contributed by atoms with van der Waals surface area (Å²) in [4.78, 5) is 35.2. The standard InChI is InChI=1S/C22H25N5O2/c1-13(2)14-6-8-15(9-7-14)17-16(12-23)20(28)24-19-18(17)21(29)26-22(25-19)27-10-4-3-5-11-27/h6-9,13,16-17H,3-5,10-11H2,1-2H3,(H2,24,25,26,28,29)/t16-,17+/m0/s1. The van der Waals surface area contributed by atoms with Gasteiger partial charge in [0.1, 0.15) is 11.7 Å². The van der Waals surface area contributed by atoms with Crippen molar-refractivity contribution < 1.29 is 4.79 Å². The fraction of sp³-hybridized carbons (Fsp3) is 0.455. The smallest absolute Gasteiger partial charge is 0.258 e. The first-order valence-corrected chi connectivity index (χ1v) is 10.2. The molecule has 150 valence electrons. The van der Waals surface area contributed by atoms with Gasteiger partial charge < -0.3 is 10.2 Å². The predicted molar refractivity (Wildman–Crippen MR) is 111 cm³/mol. The van der Waals surface area contributed by atoms with E-state index in [2.05, 4.69) is 35.2 Å². The molecule has 0 spiro atoms. The van der Waals surface area contributed by atoms with Crippen LogP contribution in [0.25, 0.3) is 0 Å². The maximum Gasteiger partial charge on any atom is 0.258 e. The van der Waals surface area contributed by atoms with Gasteiger partial charge in [0.05, 0.1) is 11.6 Å². The van der Waals surface area contributed by atoms with E-state index in [0.717, 1.165) is 37.1 Å². The van der Waals surface area contributed by atoms with Crippen LogP contribution in [0.3, 0.4) is 0 Å². The number of amides is 1. The van der Waals surface area contributed by atoms with Crippen LogP contribution in [0.1, 0.15) is 61.6 Å².